The molecular formula is C20H16Cl2O3S. The van der Waals surface area contributed by atoms with Gasteiger partial charge in [-0.15, -0.1) is 11.3 Å². The lowest BCUT2D eigenvalue weighted by Crippen LogP contribution is -2.02. The number of aryl methyl sites for hydroxylation is 1. The molecule has 6 heteroatoms. The standard InChI is InChI=1S/C20H16Cl2O3S/c1-4-13-7-16(24-10-14-5-6-15(21)8-17(14)22)9-18-19(13)20(11(2)26-18)25-12(3)23/h4-9H,1,10H2,2-3H3. The molecule has 0 atom stereocenters. The summed E-state index contributed by atoms with van der Waals surface area (Å²) in [6, 6.07) is 9.10. The molecule has 0 radical (unpaired) electrons. The average Bonchev–Trinajstić information content (AvgIpc) is 2.88. The second-order valence-electron chi connectivity index (χ2n) is 5.70. The van der Waals surface area contributed by atoms with Crippen molar-refractivity contribution in [2.75, 3.05) is 0 Å². The van der Waals surface area contributed by atoms with E-state index in [9.17, 15) is 4.79 Å². The molecule has 0 amide bonds. The Hall–Kier alpha value is -2.01. The number of carbonyl (C=O) groups is 1. The predicted molar refractivity (Wildman–Crippen MR) is 109 cm³/mol. The molecule has 1 aromatic heterocycles. The topological polar surface area (TPSA) is 35.5 Å². The first-order chi connectivity index (χ1) is 12.4. The number of hydrogen-bond donors (Lipinski definition) is 0. The molecule has 0 N–H and O–H groups in total. The normalized spacial score (nSPS) is 10.8. The summed E-state index contributed by atoms with van der Waals surface area (Å²) in [6.45, 7) is 7.50. The van der Waals surface area contributed by atoms with Crippen LogP contribution in [0.5, 0.6) is 11.5 Å². The second kappa shape index (κ2) is 7.70. The molecule has 0 bridgehead atoms. The van der Waals surface area contributed by atoms with Gasteiger partial charge in [0.25, 0.3) is 0 Å². The van der Waals surface area contributed by atoms with Crippen LogP contribution in [0.15, 0.2) is 36.9 Å². The number of thiophene rings is 1. The molecule has 0 aliphatic carbocycles. The van der Waals surface area contributed by atoms with Crippen molar-refractivity contribution in [3.8, 4) is 11.5 Å². The maximum atomic E-state index is 11.4. The maximum absolute atomic E-state index is 11.4. The van der Waals surface area contributed by atoms with Gasteiger partial charge in [-0.3, -0.25) is 4.79 Å². The van der Waals surface area contributed by atoms with Crippen LogP contribution in [0.4, 0.5) is 0 Å². The maximum Gasteiger partial charge on any atom is 0.308 e. The summed E-state index contributed by atoms with van der Waals surface area (Å²) in [4.78, 5) is 12.3. The van der Waals surface area contributed by atoms with Gasteiger partial charge in [0.1, 0.15) is 12.4 Å². The zero-order chi connectivity index (χ0) is 18.8. The number of fused-ring (bicyclic) bond motifs is 1. The van der Waals surface area contributed by atoms with Crippen LogP contribution in [0.1, 0.15) is 22.9 Å². The number of esters is 1. The zero-order valence-corrected chi connectivity index (χ0v) is 16.6. The molecule has 0 spiro atoms. The van der Waals surface area contributed by atoms with Crippen molar-refractivity contribution in [3.63, 3.8) is 0 Å². The van der Waals surface area contributed by atoms with Gasteiger partial charge in [0, 0.05) is 37.5 Å². The molecule has 26 heavy (non-hydrogen) atoms. The molecule has 2 aromatic carbocycles. The van der Waals surface area contributed by atoms with E-state index >= 15 is 0 Å². The molecule has 0 aliphatic rings. The minimum atomic E-state index is -0.347. The fourth-order valence-electron chi connectivity index (χ4n) is 2.63. The van der Waals surface area contributed by atoms with Crippen LogP contribution in [0, 0.1) is 6.92 Å². The van der Waals surface area contributed by atoms with Gasteiger partial charge in [0.2, 0.25) is 0 Å². The van der Waals surface area contributed by atoms with E-state index in [2.05, 4.69) is 6.58 Å². The highest BCUT2D eigenvalue weighted by molar-refractivity contribution is 7.19. The van der Waals surface area contributed by atoms with Crippen LogP contribution in [0.2, 0.25) is 10.0 Å². The lowest BCUT2D eigenvalue weighted by Gasteiger charge is -2.10. The summed E-state index contributed by atoms with van der Waals surface area (Å²) >= 11 is 13.7. The van der Waals surface area contributed by atoms with E-state index in [0.717, 1.165) is 26.1 Å². The molecule has 0 aliphatic heterocycles. The minimum absolute atomic E-state index is 0.319. The first-order valence-electron chi connectivity index (χ1n) is 7.83. The largest absolute Gasteiger partial charge is 0.489 e. The third-order valence-electron chi connectivity index (χ3n) is 3.79. The van der Waals surface area contributed by atoms with Crippen molar-refractivity contribution in [2.24, 2.45) is 0 Å². The van der Waals surface area contributed by atoms with Crippen molar-refractivity contribution in [3.05, 3.63) is 63.0 Å². The highest BCUT2D eigenvalue weighted by Crippen LogP contribution is 2.42. The van der Waals surface area contributed by atoms with Crippen LogP contribution >= 0.6 is 34.5 Å². The van der Waals surface area contributed by atoms with Gasteiger partial charge < -0.3 is 9.47 Å². The van der Waals surface area contributed by atoms with Gasteiger partial charge >= 0.3 is 5.97 Å². The molecular weight excluding hydrogens is 391 g/mol. The first kappa shape index (κ1) is 18.8. The van der Waals surface area contributed by atoms with Gasteiger partial charge in [0.15, 0.2) is 5.75 Å². The third kappa shape index (κ3) is 3.88. The predicted octanol–water partition coefficient (Wildman–Crippen LogP) is 6.66. The van der Waals surface area contributed by atoms with E-state index in [-0.39, 0.29) is 5.97 Å². The summed E-state index contributed by atoms with van der Waals surface area (Å²) < 4.78 is 12.3. The van der Waals surface area contributed by atoms with Gasteiger partial charge in [-0.05, 0) is 36.8 Å². The Morgan fingerprint density at radius 3 is 2.69 bits per heavy atom. The number of hydrogen-bond acceptors (Lipinski definition) is 4. The van der Waals surface area contributed by atoms with E-state index in [0.29, 0.717) is 28.2 Å². The minimum Gasteiger partial charge on any atom is -0.489 e. The highest BCUT2D eigenvalue weighted by atomic mass is 35.5. The van der Waals surface area contributed by atoms with Crippen molar-refractivity contribution >= 4 is 56.7 Å². The lowest BCUT2D eigenvalue weighted by atomic mass is 10.1. The monoisotopic (exact) mass is 406 g/mol. The Kier molecular flexibility index (Phi) is 5.56. The number of ether oxygens (including phenoxy) is 2. The van der Waals surface area contributed by atoms with Gasteiger partial charge in [0.05, 0.1) is 0 Å². The fourth-order valence-corrected chi connectivity index (χ4v) is 4.15. The molecule has 0 unspecified atom stereocenters. The highest BCUT2D eigenvalue weighted by Gasteiger charge is 2.16. The van der Waals surface area contributed by atoms with E-state index in [1.807, 2.05) is 25.1 Å². The fraction of sp³-hybridized carbons (Fsp3) is 0.150. The Labute approximate surface area is 165 Å². The number of benzene rings is 2. The molecule has 0 saturated carbocycles. The summed E-state index contributed by atoms with van der Waals surface area (Å²) in [5.41, 5.74) is 1.69. The molecule has 3 nitrogen and oxygen atoms in total. The van der Waals surface area contributed by atoms with E-state index < -0.39 is 0 Å². The Bertz CT molecular complexity index is 1010. The van der Waals surface area contributed by atoms with Crippen molar-refractivity contribution in [1.82, 2.24) is 0 Å². The first-order valence-corrected chi connectivity index (χ1v) is 9.41. The van der Waals surface area contributed by atoms with E-state index in [4.69, 9.17) is 32.7 Å². The van der Waals surface area contributed by atoms with Crippen molar-refractivity contribution < 1.29 is 14.3 Å². The van der Waals surface area contributed by atoms with Crippen molar-refractivity contribution in [1.29, 1.82) is 0 Å². The molecule has 0 fully saturated rings. The lowest BCUT2D eigenvalue weighted by molar-refractivity contribution is -0.131. The Morgan fingerprint density at radius 2 is 2.04 bits per heavy atom. The van der Waals surface area contributed by atoms with Crippen LogP contribution in [0.25, 0.3) is 16.2 Å². The SMILES string of the molecule is C=Cc1cc(OCc2ccc(Cl)cc2Cl)cc2sc(C)c(OC(C)=O)c12. The number of rotatable bonds is 5. The Balaban J connectivity index is 1.95. The van der Waals surface area contributed by atoms with Crippen LogP contribution < -0.4 is 9.47 Å². The van der Waals surface area contributed by atoms with Crippen molar-refractivity contribution in [2.45, 2.75) is 20.5 Å². The summed E-state index contributed by atoms with van der Waals surface area (Å²) in [6.07, 6.45) is 1.73. The smallest absolute Gasteiger partial charge is 0.308 e. The molecule has 134 valence electrons. The van der Waals surface area contributed by atoms with E-state index in [1.165, 1.54) is 6.92 Å². The Morgan fingerprint density at radius 1 is 1.27 bits per heavy atom. The zero-order valence-electron chi connectivity index (χ0n) is 14.3. The molecule has 3 aromatic rings. The van der Waals surface area contributed by atoms with Gasteiger partial charge in [-0.1, -0.05) is 41.9 Å². The number of carbonyl (C=O) groups excluding carboxylic acids is 1. The van der Waals surface area contributed by atoms with Gasteiger partial charge in [-0.25, -0.2) is 0 Å². The average molecular weight is 407 g/mol. The molecule has 0 saturated heterocycles. The molecule has 1 heterocycles. The quantitative estimate of drug-likeness (QED) is 0.444. The van der Waals surface area contributed by atoms with Gasteiger partial charge in [-0.2, -0.15) is 0 Å². The third-order valence-corrected chi connectivity index (χ3v) is 5.41. The van der Waals surface area contributed by atoms with Crippen LogP contribution in [0.3, 0.4) is 0 Å². The molecule has 3 rings (SSSR count). The summed E-state index contributed by atoms with van der Waals surface area (Å²) in [5.74, 6) is 0.925. The second-order valence-corrected chi connectivity index (χ2v) is 7.80. The van der Waals surface area contributed by atoms with Crippen LogP contribution in [-0.4, -0.2) is 5.97 Å². The summed E-state index contributed by atoms with van der Waals surface area (Å²) in [7, 11) is 0. The number of halogens is 2. The van der Waals surface area contributed by atoms with Crippen LogP contribution in [-0.2, 0) is 11.4 Å². The van der Waals surface area contributed by atoms with E-state index in [1.54, 1.807) is 29.5 Å². The summed E-state index contributed by atoms with van der Waals surface area (Å²) in [5, 5.41) is 2.02.